The number of methoxy groups -OCH3 is 1. The van der Waals surface area contributed by atoms with Gasteiger partial charge in [-0.3, -0.25) is 14.9 Å². The molecule has 0 saturated heterocycles. The van der Waals surface area contributed by atoms with E-state index in [-0.39, 0.29) is 17.7 Å². The number of nitro benzene ring substituents is 1. The van der Waals surface area contributed by atoms with Gasteiger partial charge in [0, 0.05) is 24.1 Å². The molecule has 2 rings (SSSR count). The molecule has 2 aromatic rings. The van der Waals surface area contributed by atoms with E-state index >= 15 is 0 Å². The van der Waals surface area contributed by atoms with Crippen molar-refractivity contribution in [1.82, 2.24) is 5.32 Å². The van der Waals surface area contributed by atoms with E-state index in [0.717, 1.165) is 25.3 Å². The minimum absolute atomic E-state index is 0.0458. The van der Waals surface area contributed by atoms with Gasteiger partial charge < -0.3 is 10.1 Å². The lowest BCUT2D eigenvalue weighted by Gasteiger charge is -2.17. The lowest BCUT2D eigenvalue weighted by molar-refractivity contribution is -0.384. The molecule has 0 aliphatic heterocycles. The van der Waals surface area contributed by atoms with Crippen LogP contribution in [0.25, 0.3) is 0 Å². The van der Waals surface area contributed by atoms with Crippen LogP contribution in [0.2, 0.25) is 0 Å². The van der Waals surface area contributed by atoms with Gasteiger partial charge in [-0.05, 0) is 23.8 Å². The summed E-state index contributed by atoms with van der Waals surface area (Å²) in [5.74, 6) is -1.57. The summed E-state index contributed by atoms with van der Waals surface area (Å²) in [6.07, 6.45) is -4.61. The van der Waals surface area contributed by atoms with Crippen molar-refractivity contribution in [1.29, 1.82) is 0 Å². The summed E-state index contributed by atoms with van der Waals surface area (Å²) in [7, 11) is 1.10. The van der Waals surface area contributed by atoms with E-state index in [1.807, 2.05) is 0 Å². The quantitative estimate of drug-likeness (QED) is 0.460. The SMILES string of the molecule is COC(=O)[C@@H](Cc1ccc(C(F)(F)F)cc1)NC(=O)c1cccc([N+](=O)[O-])c1. The van der Waals surface area contributed by atoms with E-state index in [9.17, 15) is 32.9 Å². The zero-order valence-corrected chi connectivity index (χ0v) is 14.5. The van der Waals surface area contributed by atoms with Crippen LogP contribution < -0.4 is 5.32 Å². The molecule has 1 atom stereocenters. The van der Waals surface area contributed by atoms with Gasteiger partial charge in [-0.1, -0.05) is 18.2 Å². The molecule has 7 nitrogen and oxygen atoms in total. The van der Waals surface area contributed by atoms with E-state index in [4.69, 9.17) is 0 Å². The Bertz CT molecular complexity index is 882. The Morgan fingerprint density at radius 1 is 1.18 bits per heavy atom. The normalized spacial score (nSPS) is 12.1. The zero-order valence-electron chi connectivity index (χ0n) is 14.5. The Labute approximate surface area is 157 Å². The molecule has 0 heterocycles. The Kier molecular flexibility index (Phi) is 6.34. The maximum atomic E-state index is 12.6. The summed E-state index contributed by atoms with van der Waals surface area (Å²) in [6, 6.07) is 7.83. The highest BCUT2D eigenvalue weighted by Gasteiger charge is 2.30. The van der Waals surface area contributed by atoms with E-state index < -0.39 is 34.6 Å². The number of benzene rings is 2. The van der Waals surface area contributed by atoms with Crippen molar-refractivity contribution in [2.45, 2.75) is 18.6 Å². The van der Waals surface area contributed by atoms with Crippen molar-refractivity contribution in [3.8, 4) is 0 Å². The fourth-order valence-electron chi connectivity index (χ4n) is 2.40. The van der Waals surface area contributed by atoms with Gasteiger partial charge in [0.15, 0.2) is 0 Å². The molecular weight excluding hydrogens is 381 g/mol. The van der Waals surface area contributed by atoms with Gasteiger partial charge in [0.25, 0.3) is 11.6 Å². The van der Waals surface area contributed by atoms with Crippen LogP contribution in [0.1, 0.15) is 21.5 Å². The third-order valence-corrected chi connectivity index (χ3v) is 3.83. The minimum Gasteiger partial charge on any atom is -0.467 e. The Hall–Kier alpha value is -3.43. The number of hydrogen-bond donors (Lipinski definition) is 1. The number of carbonyl (C=O) groups excluding carboxylic acids is 2. The number of halogens is 3. The number of amides is 1. The summed E-state index contributed by atoms with van der Waals surface area (Å²) in [6.45, 7) is 0. The molecule has 0 unspecified atom stereocenters. The Morgan fingerprint density at radius 3 is 2.36 bits per heavy atom. The third kappa shape index (κ3) is 5.29. The lowest BCUT2D eigenvalue weighted by atomic mass is 10.0. The van der Waals surface area contributed by atoms with Gasteiger partial charge in [0.05, 0.1) is 17.6 Å². The largest absolute Gasteiger partial charge is 0.467 e. The number of nitro groups is 1. The number of alkyl halides is 3. The molecule has 0 bridgehead atoms. The van der Waals surface area contributed by atoms with Crippen LogP contribution in [-0.2, 0) is 22.1 Å². The van der Waals surface area contributed by atoms with Crippen LogP contribution in [0, 0.1) is 10.1 Å². The van der Waals surface area contributed by atoms with Gasteiger partial charge in [-0.25, -0.2) is 4.79 Å². The van der Waals surface area contributed by atoms with E-state index in [0.29, 0.717) is 5.56 Å². The highest BCUT2D eigenvalue weighted by atomic mass is 19.4. The molecule has 0 aliphatic carbocycles. The Morgan fingerprint density at radius 2 is 1.82 bits per heavy atom. The van der Waals surface area contributed by atoms with Crippen LogP contribution in [0.3, 0.4) is 0 Å². The van der Waals surface area contributed by atoms with Crippen LogP contribution in [0.4, 0.5) is 18.9 Å². The number of non-ortho nitro benzene ring substituents is 1. The standard InChI is InChI=1S/C18H15F3N2O5/c1-28-17(25)15(9-11-5-7-13(8-6-11)18(19,20)21)22-16(24)12-3-2-4-14(10-12)23(26)27/h2-8,10,15H,9H2,1H3,(H,22,24)/t15-/m1/s1. The average molecular weight is 396 g/mol. The molecule has 0 radical (unpaired) electrons. The predicted molar refractivity (Wildman–Crippen MR) is 91.5 cm³/mol. The second-order valence-electron chi connectivity index (χ2n) is 5.76. The number of esters is 1. The first kappa shape index (κ1) is 20.9. The maximum Gasteiger partial charge on any atom is 0.416 e. The summed E-state index contributed by atoms with van der Waals surface area (Å²) in [4.78, 5) is 34.4. The van der Waals surface area contributed by atoms with Crippen molar-refractivity contribution in [3.63, 3.8) is 0 Å². The molecule has 1 amide bonds. The lowest BCUT2D eigenvalue weighted by Crippen LogP contribution is -2.43. The molecule has 0 aliphatic rings. The molecule has 0 saturated carbocycles. The summed E-state index contributed by atoms with van der Waals surface area (Å²) >= 11 is 0. The van der Waals surface area contributed by atoms with Gasteiger partial charge >= 0.3 is 12.1 Å². The highest BCUT2D eigenvalue weighted by molar-refractivity contribution is 5.97. The number of nitrogens with zero attached hydrogens (tertiary/aromatic N) is 1. The van der Waals surface area contributed by atoms with Crippen molar-refractivity contribution >= 4 is 17.6 Å². The minimum atomic E-state index is -4.49. The highest BCUT2D eigenvalue weighted by Crippen LogP contribution is 2.29. The van der Waals surface area contributed by atoms with Gasteiger partial charge in [-0.15, -0.1) is 0 Å². The monoisotopic (exact) mass is 396 g/mol. The number of hydrogen-bond acceptors (Lipinski definition) is 5. The van der Waals surface area contributed by atoms with Gasteiger partial charge in [-0.2, -0.15) is 13.2 Å². The zero-order chi connectivity index (χ0) is 20.9. The fraction of sp³-hybridized carbons (Fsp3) is 0.222. The van der Waals surface area contributed by atoms with Crippen molar-refractivity contribution in [2.24, 2.45) is 0 Å². The molecule has 10 heteroatoms. The molecule has 2 aromatic carbocycles. The molecule has 0 fully saturated rings. The molecule has 1 N–H and O–H groups in total. The molecule has 28 heavy (non-hydrogen) atoms. The van der Waals surface area contributed by atoms with Crippen LogP contribution in [0.5, 0.6) is 0 Å². The topological polar surface area (TPSA) is 98.5 Å². The second-order valence-corrected chi connectivity index (χ2v) is 5.76. The van der Waals surface area contributed by atoms with Crippen molar-refractivity contribution in [3.05, 3.63) is 75.3 Å². The second kappa shape index (κ2) is 8.51. The number of rotatable bonds is 6. The third-order valence-electron chi connectivity index (χ3n) is 3.83. The van der Waals surface area contributed by atoms with Gasteiger partial charge in [0.2, 0.25) is 0 Å². The van der Waals surface area contributed by atoms with E-state index in [1.165, 1.54) is 30.3 Å². The number of carbonyl (C=O) groups is 2. The van der Waals surface area contributed by atoms with E-state index in [1.54, 1.807) is 0 Å². The van der Waals surface area contributed by atoms with Crippen LogP contribution in [-0.4, -0.2) is 30.0 Å². The Balaban J connectivity index is 2.18. The van der Waals surface area contributed by atoms with Gasteiger partial charge in [0.1, 0.15) is 6.04 Å². The first-order valence-electron chi connectivity index (χ1n) is 7.91. The van der Waals surface area contributed by atoms with E-state index in [2.05, 4.69) is 10.1 Å². The molecule has 148 valence electrons. The average Bonchev–Trinajstić information content (AvgIpc) is 2.66. The summed E-state index contributed by atoms with van der Waals surface area (Å²) in [5, 5.41) is 13.2. The predicted octanol–water partition coefficient (Wildman–Crippen LogP) is 3.13. The summed E-state index contributed by atoms with van der Waals surface area (Å²) < 4.78 is 42.5. The van der Waals surface area contributed by atoms with Crippen LogP contribution in [0.15, 0.2) is 48.5 Å². The molecule has 0 spiro atoms. The maximum absolute atomic E-state index is 12.6. The smallest absolute Gasteiger partial charge is 0.416 e. The molecular formula is C18H15F3N2O5. The van der Waals surface area contributed by atoms with Crippen LogP contribution >= 0.6 is 0 Å². The first-order valence-corrected chi connectivity index (χ1v) is 7.91. The fourth-order valence-corrected chi connectivity index (χ4v) is 2.40. The summed E-state index contributed by atoms with van der Waals surface area (Å²) in [5.41, 5.74) is -0.824. The molecule has 0 aromatic heterocycles. The first-order chi connectivity index (χ1) is 13.1. The van der Waals surface area contributed by atoms with Crippen molar-refractivity contribution in [2.75, 3.05) is 7.11 Å². The number of ether oxygens (including phenoxy) is 1. The number of nitrogens with one attached hydrogen (secondary N) is 1. The van der Waals surface area contributed by atoms with Crippen molar-refractivity contribution < 1.29 is 32.4 Å².